The van der Waals surface area contributed by atoms with Crippen molar-refractivity contribution in [1.29, 1.82) is 0 Å². The number of aliphatic hydroxyl groups excluding tert-OH is 1. The summed E-state index contributed by atoms with van der Waals surface area (Å²) in [7, 11) is 0. The summed E-state index contributed by atoms with van der Waals surface area (Å²) in [6.07, 6.45) is -1.10. The topological polar surface area (TPSA) is 46.5 Å². The molecule has 0 aromatic heterocycles. The quantitative estimate of drug-likeness (QED) is 0.868. The van der Waals surface area contributed by atoms with Crippen LogP contribution in [0, 0.1) is 0 Å². The van der Waals surface area contributed by atoms with Gasteiger partial charge in [-0.3, -0.25) is 0 Å². The molecule has 1 N–H and O–H groups in total. The number of benzene rings is 1. The zero-order valence-electron chi connectivity index (χ0n) is 12.3. The van der Waals surface area contributed by atoms with Crippen molar-refractivity contribution in [2.75, 3.05) is 0 Å². The number of hydrogen-bond donors (Lipinski definition) is 1. The molecule has 0 saturated carbocycles. The third-order valence-electron chi connectivity index (χ3n) is 3.33. The average Bonchev–Trinajstić information content (AvgIpc) is 2.61. The lowest BCUT2D eigenvalue weighted by atomic mass is 9.87. The maximum Gasteiger partial charge on any atom is 0.337 e. The average molecular weight is 292 g/mol. The van der Waals surface area contributed by atoms with Crippen LogP contribution in [0.2, 0.25) is 0 Å². The summed E-state index contributed by atoms with van der Waals surface area (Å²) < 4.78 is 4.76. The van der Waals surface area contributed by atoms with E-state index in [1.165, 1.54) is 17.3 Å². The van der Waals surface area contributed by atoms with E-state index in [1.54, 1.807) is 6.92 Å². The molecule has 0 spiro atoms. The van der Waals surface area contributed by atoms with E-state index in [0.29, 0.717) is 16.2 Å². The highest BCUT2D eigenvalue weighted by atomic mass is 32.2. The molecule has 1 aromatic carbocycles. The second-order valence-electron chi connectivity index (χ2n) is 5.98. The molecule has 1 heterocycles. The van der Waals surface area contributed by atoms with Crippen molar-refractivity contribution in [3.8, 4) is 0 Å². The zero-order chi connectivity index (χ0) is 14.9. The molecular weight excluding hydrogens is 272 g/mol. The molecule has 108 valence electrons. The summed E-state index contributed by atoms with van der Waals surface area (Å²) in [6.45, 7) is 8.23. The van der Waals surface area contributed by atoms with Crippen LogP contribution in [0.25, 0.3) is 0 Å². The molecule has 20 heavy (non-hydrogen) atoms. The molecule has 0 radical (unpaired) electrons. The van der Waals surface area contributed by atoms with Crippen LogP contribution in [-0.2, 0) is 20.7 Å². The first-order valence-electron chi connectivity index (χ1n) is 6.61. The van der Waals surface area contributed by atoms with Gasteiger partial charge in [-0.2, -0.15) is 0 Å². The molecule has 0 bridgehead atoms. The van der Waals surface area contributed by atoms with Gasteiger partial charge in [0.15, 0.2) is 0 Å². The minimum absolute atomic E-state index is 0.146. The SMILES string of the molecule is CC1=C(SCc2ccc(C(C)(C)C)cc2)C(O)OC1=O. The fraction of sp³-hybridized carbons (Fsp3) is 0.438. The predicted octanol–water partition coefficient (Wildman–Crippen LogP) is 3.37. The highest BCUT2D eigenvalue weighted by Gasteiger charge is 2.29. The Morgan fingerprint density at radius 1 is 1.25 bits per heavy atom. The van der Waals surface area contributed by atoms with Crippen LogP contribution in [0.1, 0.15) is 38.8 Å². The van der Waals surface area contributed by atoms with E-state index < -0.39 is 12.3 Å². The van der Waals surface area contributed by atoms with E-state index in [2.05, 4.69) is 45.0 Å². The van der Waals surface area contributed by atoms with Gasteiger partial charge in [0.2, 0.25) is 6.29 Å². The Labute approximate surface area is 124 Å². The monoisotopic (exact) mass is 292 g/mol. The molecule has 4 heteroatoms. The molecule has 1 aromatic rings. The molecule has 0 saturated heterocycles. The summed E-state index contributed by atoms with van der Waals surface area (Å²) in [5.41, 5.74) is 3.11. The first-order valence-corrected chi connectivity index (χ1v) is 7.59. The minimum Gasteiger partial charge on any atom is -0.427 e. The Morgan fingerprint density at radius 3 is 2.30 bits per heavy atom. The van der Waals surface area contributed by atoms with Gasteiger partial charge in [0.05, 0.1) is 4.91 Å². The number of aliphatic hydroxyl groups is 1. The van der Waals surface area contributed by atoms with Crippen molar-refractivity contribution in [3.05, 3.63) is 45.9 Å². The maximum absolute atomic E-state index is 11.3. The Bertz CT molecular complexity index is 538. The lowest BCUT2D eigenvalue weighted by Gasteiger charge is -2.19. The lowest BCUT2D eigenvalue weighted by molar-refractivity contribution is -0.151. The molecule has 1 atom stereocenters. The molecule has 1 unspecified atom stereocenters. The van der Waals surface area contributed by atoms with Gasteiger partial charge in [0.1, 0.15) is 0 Å². The normalized spacial score (nSPS) is 19.4. The van der Waals surface area contributed by atoms with E-state index >= 15 is 0 Å². The van der Waals surface area contributed by atoms with Crippen molar-refractivity contribution < 1.29 is 14.6 Å². The number of hydrogen-bond acceptors (Lipinski definition) is 4. The smallest absolute Gasteiger partial charge is 0.337 e. The molecule has 0 fully saturated rings. The third-order valence-corrected chi connectivity index (χ3v) is 4.63. The van der Waals surface area contributed by atoms with Crippen LogP contribution < -0.4 is 0 Å². The van der Waals surface area contributed by atoms with Gasteiger partial charge in [0, 0.05) is 11.3 Å². The van der Waals surface area contributed by atoms with E-state index in [4.69, 9.17) is 4.74 Å². The van der Waals surface area contributed by atoms with Gasteiger partial charge in [-0.05, 0) is 23.5 Å². The Balaban J connectivity index is 2.03. The van der Waals surface area contributed by atoms with Crippen LogP contribution in [0.5, 0.6) is 0 Å². The van der Waals surface area contributed by atoms with Crippen molar-refractivity contribution in [3.63, 3.8) is 0 Å². The Morgan fingerprint density at radius 2 is 1.85 bits per heavy atom. The van der Waals surface area contributed by atoms with Gasteiger partial charge in [-0.25, -0.2) is 4.79 Å². The summed E-state index contributed by atoms with van der Waals surface area (Å²) >= 11 is 1.45. The molecular formula is C16H20O3S. The number of carbonyl (C=O) groups is 1. The summed E-state index contributed by atoms with van der Waals surface area (Å²) in [4.78, 5) is 11.9. The number of ether oxygens (including phenoxy) is 1. The van der Waals surface area contributed by atoms with E-state index in [-0.39, 0.29) is 5.41 Å². The van der Waals surface area contributed by atoms with Crippen molar-refractivity contribution in [2.24, 2.45) is 0 Å². The van der Waals surface area contributed by atoms with Gasteiger partial charge < -0.3 is 9.84 Å². The predicted molar refractivity (Wildman–Crippen MR) is 81.2 cm³/mol. The van der Waals surface area contributed by atoms with Gasteiger partial charge in [0.25, 0.3) is 0 Å². The Hall–Kier alpha value is -1.26. The third kappa shape index (κ3) is 3.25. The highest BCUT2D eigenvalue weighted by Crippen LogP contribution is 2.33. The largest absolute Gasteiger partial charge is 0.427 e. The maximum atomic E-state index is 11.3. The van der Waals surface area contributed by atoms with E-state index in [1.807, 2.05) is 0 Å². The number of carbonyl (C=O) groups excluding carboxylic acids is 1. The molecule has 0 aliphatic carbocycles. The standard InChI is InChI=1S/C16H20O3S/c1-10-13(15(18)19-14(10)17)20-9-11-5-7-12(8-6-11)16(2,3)4/h5-8,15,18H,9H2,1-4H3. The number of thioether (sulfide) groups is 1. The highest BCUT2D eigenvalue weighted by molar-refractivity contribution is 8.02. The summed E-state index contributed by atoms with van der Waals surface area (Å²) in [6, 6.07) is 8.44. The second kappa shape index (κ2) is 5.62. The van der Waals surface area contributed by atoms with Crippen LogP contribution in [0.3, 0.4) is 0 Å². The molecule has 3 nitrogen and oxygen atoms in total. The van der Waals surface area contributed by atoms with Crippen molar-refractivity contribution in [1.82, 2.24) is 0 Å². The van der Waals surface area contributed by atoms with Crippen LogP contribution >= 0.6 is 11.8 Å². The van der Waals surface area contributed by atoms with Crippen molar-refractivity contribution in [2.45, 2.75) is 45.2 Å². The molecule has 2 rings (SSSR count). The van der Waals surface area contributed by atoms with Crippen LogP contribution in [-0.4, -0.2) is 17.4 Å². The van der Waals surface area contributed by atoms with Gasteiger partial charge in [-0.1, -0.05) is 45.0 Å². The first kappa shape index (κ1) is 15.1. The Kier molecular flexibility index (Phi) is 4.25. The molecule has 0 amide bonds. The van der Waals surface area contributed by atoms with Gasteiger partial charge >= 0.3 is 5.97 Å². The lowest BCUT2D eigenvalue weighted by Crippen LogP contribution is -2.10. The number of rotatable bonds is 3. The summed E-state index contributed by atoms with van der Waals surface area (Å²) in [5.74, 6) is 0.285. The first-order chi connectivity index (χ1) is 9.29. The van der Waals surface area contributed by atoms with Crippen LogP contribution in [0.15, 0.2) is 34.7 Å². The van der Waals surface area contributed by atoms with Gasteiger partial charge in [-0.15, -0.1) is 11.8 Å². The summed E-state index contributed by atoms with van der Waals surface area (Å²) in [5, 5.41) is 9.64. The zero-order valence-corrected chi connectivity index (χ0v) is 13.1. The van der Waals surface area contributed by atoms with E-state index in [0.717, 1.165) is 5.56 Å². The fourth-order valence-electron chi connectivity index (χ4n) is 1.97. The number of cyclic esters (lactones) is 1. The van der Waals surface area contributed by atoms with E-state index in [9.17, 15) is 9.90 Å². The fourth-order valence-corrected chi connectivity index (χ4v) is 2.98. The molecule has 1 aliphatic rings. The minimum atomic E-state index is -1.10. The second-order valence-corrected chi connectivity index (χ2v) is 7.00. The van der Waals surface area contributed by atoms with Crippen LogP contribution in [0.4, 0.5) is 0 Å². The van der Waals surface area contributed by atoms with Crippen molar-refractivity contribution >= 4 is 17.7 Å². The molecule has 1 aliphatic heterocycles. The number of esters is 1.